The van der Waals surface area contributed by atoms with Gasteiger partial charge in [0.05, 0.1) is 26.4 Å². The van der Waals surface area contributed by atoms with Gasteiger partial charge >= 0.3 is 39.5 Å². The SMILES string of the molecule is CCCCCCCCCCCCCCCCCCCCCC(=O)O[C@H](COC(=O)CCCCCCCCCCCCC(C)CC)COP(=O)(O)OC[C@@H](O)COP(=O)(O)OC[C@@H](COC(=O)CCCCCCCCC(C)CC)OC(=O)CCCCCCCCCCCC(C)C. The first-order chi connectivity index (χ1) is 45.8. The van der Waals surface area contributed by atoms with E-state index in [9.17, 15) is 43.2 Å². The number of ether oxygens (including phenoxy) is 4. The zero-order valence-corrected chi connectivity index (χ0v) is 63.9. The molecule has 0 aromatic heterocycles. The Morgan fingerprint density at radius 1 is 0.305 bits per heavy atom. The van der Waals surface area contributed by atoms with E-state index in [2.05, 4.69) is 48.5 Å². The second-order valence-electron chi connectivity index (χ2n) is 28.4. The molecule has 0 radical (unpaired) electrons. The summed E-state index contributed by atoms with van der Waals surface area (Å²) in [6, 6.07) is 0. The van der Waals surface area contributed by atoms with Crippen molar-refractivity contribution in [1.82, 2.24) is 0 Å². The van der Waals surface area contributed by atoms with Crippen LogP contribution in [-0.4, -0.2) is 96.7 Å². The molecule has 7 atom stereocenters. The molecule has 4 unspecified atom stereocenters. The van der Waals surface area contributed by atoms with Gasteiger partial charge in [-0.2, -0.15) is 0 Å². The molecule has 0 saturated heterocycles. The topological polar surface area (TPSA) is 237 Å². The molecule has 0 aromatic carbocycles. The molecule has 0 spiro atoms. The molecule has 0 saturated carbocycles. The van der Waals surface area contributed by atoms with Gasteiger partial charge in [-0.05, 0) is 43.4 Å². The van der Waals surface area contributed by atoms with Crippen LogP contribution in [0.3, 0.4) is 0 Å². The normalized spacial score (nSPS) is 14.6. The number of hydrogen-bond acceptors (Lipinski definition) is 15. The Bertz CT molecular complexity index is 1860. The van der Waals surface area contributed by atoms with Crippen LogP contribution >= 0.6 is 15.6 Å². The number of rotatable bonds is 74. The summed E-state index contributed by atoms with van der Waals surface area (Å²) in [5, 5.41) is 10.6. The maximum Gasteiger partial charge on any atom is 0.472 e. The van der Waals surface area contributed by atoms with Crippen LogP contribution in [-0.2, 0) is 65.4 Å². The average molecular weight is 1400 g/mol. The van der Waals surface area contributed by atoms with E-state index in [1.54, 1.807) is 0 Å². The molecule has 19 heteroatoms. The van der Waals surface area contributed by atoms with Crippen molar-refractivity contribution < 1.29 is 80.2 Å². The number of esters is 4. The van der Waals surface area contributed by atoms with E-state index in [4.69, 9.17) is 37.0 Å². The van der Waals surface area contributed by atoms with E-state index in [-0.39, 0.29) is 25.7 Å². The average Bonchev–Trinajstić information content (AvgIpc) is 1.51. The first kappa shape index (κ1) is 93.1. The molecule has 0 aliphatic rings. The van der Waals surface area contributed by atoms with E-state index in [0.717, 1.165) is 114 Å². The fraction of sp³-hybridized carbons (Fsp3) is 0.947. The van der Waals surface area contributed by atoms with Crippen molar-refractivity contribution in [1.29, 1.82) is 0 Å². The molecule has 0 amide bonds. The lowest BCUT2D eigenvalue weighted by atomic mass is 9.99. The van der Waals surface area contributed by atoms with E-state index in [1.165, 1.54) is 193 Å². The number of hydrogen-bond donors (Lipinski definition) is 3. The fourth-order valence-corrected chi connectivity index (χ4v) is 13.1. The van der Waals surface area contributed by atoms with E-state index < -0.39 is 97.5 Å². The van der Waals surface area contributed by atoms with Crippen LogP contribution in [0.25, 0.3) is 0 Å². The largest absolute Gasteiger partial charge is 0.472 e. The van der Waals surface area contributed by atoms with Crippen LogP contribution in [0.15, 0.2) is 0 Å². The van der Waals surface area contributed by atoms with Crippen molar-refractivity contribution in [3.63, 3.8) is 0 Å². The molecule has 0 heterocycles. The highest BCUT2D eigenvalue weighted by Gasteiger charge is 2.30. The number of phosphoric acid groups is 2. The van der Waals surface area contributed by atoms with Gasteiger partial charge in [-0.25, -0.2) is 9.13 Å². The standard InChI is InChI=1S/C76H148O17P2/c1-8-11-12-13-14-15-16-17-18-19-20-21-22-23-24-31-36-45-52-59-75(80)92-71(63-86-73(78)57-50-43-35-30-26-25-29-34-41-48-55-68(6)9-2)65-90-94(82,83)88-61-70(77)62-89-95(84,85)91-66-72(64-87-74(79)58-51-44-39-38-42-49-56-69(7)10-3)93-76(81)60-53-46-37-32-27-28-33-40-47-54-67(4)5/h67-72,77H,8-66H2,1-7H3,(H,82,83)(H,84,85)/t68?,69?,70-,71-,72-/m1/s1. The Labute approximate surface area is 581 Å². The minimum atomic E-state index is -4.96. The lowest BCUT2D eigenvalue weighted by Gasteiger charge is -2.21. The van der Waals surface area contributed by atoms with Crippen molar-refractivity contribution >= 4 is 39.5 Å². The molecule has 17 nitrogen and oxygen atoms in total. The van der Waals surface area contributed by atoms with Crippen LogP contribution in [0.4, 0.5) is 0 Å². The highest BCUT2D eigenvalue weighted by atomic mass is 31.2. The van der Waals surface area contributed by atoms with Gasteiger partial charge in [0, 0.05) is 25.7 Å². The second-order valence-corrected chi connectivity index (χ2v) is 31.3. The number of carbonyl (C=O) groups excluding carboxylic acids is 4. The maximum atomic E-state index is 13.1. The van der Waals surface area contributed by atoms with Crippen molar-refractivity contribution in [2.45, 2.75) is 407 Å². The van der Waals surface area contributed by atoms with Crippen molar-refractivity contribution in [2.75, 3.05) is 39.6 Å². The summed E-state index contributed by atoms with van der Waals surface area (Å²) in [5.74, 6) is 0.157. The van der Waals surface area contributed by atoms with Gasteiger partial charge in [0.15, 0.2) is 12.2 Å². The van der Waals surface area contributed by atoms with E-state index >= 15 is 0 Å². The van der Waals surface area contributed by atoms with Gasteiger partial charge in [0.1, 0.15) is 19.3 Å². The van der Waals surface area contributed by atoms with Crippen LogP contribution in [0.5, 0.6) is 0 Å². The lowest BCUT2D eigenvalue weighted by Crippen LogP contribution is -2.30. The summed E-state index contributed by atoms with van der Waals surface area (Å²) >= 11 is 0. The van der Waals surface area contributed by atoms with Gasteiger partial charge in [-0.1, -0.05) is 337 Å². The summed E-state index contributed by atoms with van der Waals surface area (Å²) in [6.45, 7) is 11.9. The van der Waals surface area contributed by atoms with Gasteiger partial charge in [-0.3, -0.25) is 37.3 Å². The molecule has 95 heavy (non-hydrogen) atoms. The molecular weight excluding hydrogens is 1250 g/mol. The van der Waals surface area contributed by atoms with Crippen LogP contribution in [0.1, 0.15) is 389 Å². The minimum absolute atomic E-state index is 0.104. The van der Waals surface area contributed by atoms with Crippen molar-refractivity contribution in [3.8, 4) is 0 Å². The van der Waals surface area contributed by atoms with Gasteiger partial charge in [0.25, 0.3) is 0 Å². The zero-order valence-electron chi connectivity index (χ0n) is 62.1. The third kappa shape index (κ3) is 67.6. The van der Waals surface area contributed by atoms with Gasteiger partial charge in [0.2, 0.25) is 0 Å². The van der Waals surface area contributed by atoms with Crippen molar-refractivity contribution in [2.24, 2.45) is 17.8 Å². The summed E-state index contributed by atoms with van der Waals surface area (Å²) in [4.78, 5) is 72.8. The van der Waals surface area contributed by atoms with Crippen LogP contribution in [0, 0.1) is 17.8 Å². The highest BCUT2D eigenvalue weighted by molar-refractivity contribution is 7.47. The van der Waals surface area contributed by atoms with Gasteiger partial charge in [-0.15, -0.1) is 0 Å². The monoisotopic (exact) mass is 1400 g/mol. The molecule has 0 aliphatic heterocycles. The Kier molecular flexibility index (Phi) is 65.2. The number of aliphatic hydroxyl groups excluding tert-OH is 1. The second kappa shape index (κ2) is 66.6. The molecule has 0 rings (SSSR count). The predicted molar refractivity (Wildman–Crippen MR) is 386 cm³/mol. The van der Waals surface area contributed by atoms with Crippen LogP contribution < -0.4 is 0 Å². The van der Waals surface area contributed by atoms with Crippen LogP contribution in [0.2, 0.25) is 0 Å². The van der Waals surface area contributed by atoms with Gasteiger partial charge < -0.3 is 33.8 Å². The molecule has 3 N–H and O–H groups in total. The van der Waals surface area contributed by atoms with E-state index in [1.807, 2.05) is 0 Å². The number of aliphatic hydroxyl groups is 1. The highest BCUT2D eigenvalue weighted by Crippen LogP contribution is 2.45. The summed E-state index contributed by atoms with van der Waals surface area (Å²) in [6.07, 6.45) is 52.7. The summed E-state index contributed by atoms with van der Waals surface area (Å²) in [7, 11) is -9.91. The summed E-state index contributed by atoms with van der Waals surface area (Å²) < 4.78 is 68.5. The number of carbonyl (C=O) groups is 4. The Morgan fingerprint density at radius 2 is 0.537 bits per heavy atom. The smallest absolute Gasteiger partial charge is 0.462 e. The molecular formula is C76H148O17P2. The Balaban J connectivity index is 5.24. The predicted octanol–water partition coefficient (Wildman–Crippen LogP) is 22.2. The van der Waals surface area contributed by atoms with Crippen molar-refractivity contribution in [3.05, 3.63) is 0 Å². The summed E-state index contributed by atoms with van der Waals surface area (Å²) in [5.41, 5.74) is 0. The Morgan fingerprint density at radius 3 is 0.800 bits per heavy atom. The molecule has 0 aliphatic carbocycles. The third-order valence-corrected chi connectivity index (χ3v) is 20.3. The number of phosphoric ester groups is 2. The first-order valence-corrected chi connectivity index (χ1v) is 42.4. The lowest BCUT2D eigenvalue weighted by molar-refractivity contribution is -0.161. The van der Waals surface area contributed by atoms with E-state index in [0.29, 0.717) is 25.7 Å². The molecule has 0 fully saturated rings. The number of unbranched alkanes of at least 4 members (excludes halogenated alkanes) is 40. The molecule has 0 aromatic rings. The quantitative estimate of drug-likeness (QED) is 0.0222. The Hall–Kier alpha value is -1.94. The maximum absolute atomic E-state index is 13.1. The fourth-order valence-electron chi connectivity index (χ4n) is 11.5. The zero-order chi connectivity index (χ0) is 70.1. The minimum Gasteiger partial charge on any atom is -0.462 e. The molecule has 0 bridgehead atoms. The first-order valence-electron chi connectivity index (χ1n) is 39.4. The third-order valence-electron chi connectivity index (χ3n) is 18.4. The molecule has 564 valence electrons.